The Bertz CT molecular complexity index is 563. The number of hydrogen-bond donors (Lipinski definition) is 1. The van der Waals surface area contributed by atoms with E-state index in [1.807, 2.05) is 0 Å². The zero-order chi connectivity index (χ0) is 14.2. The molecule has 1 saturated heterocycles. The highest BCUT2D eigenvalue weighted by Gasteiger charge is 2.29. The van der Waals surface area contributed by atoms with Crippen molar-refractivity contribution >= 4 is 10.0 Å². The zero-order valence-corrected chi connectivity index (χ0v) is 12.0. The van der Waals surface area contributed by atoms with Crippen LogP contribution in [0.1, 0.15) is 24.0 Å². The number of nitrogens with two attached hydrogens (primary N) is 1. The van der Waals surface area contributed by atoms with E-state index in [1.54, 1.807) is 13.8 Å². The van der Waals surface area contributed by atoms with Crippen LogP contribution in [0, 0.1) is 19.7 Å². The molecule has 1 aliphatic heterocycles. The van der Waals surface area contributed by atoms with Gasteiger partial charge >= 0.3 is 0 Å². The number of aryl methyl sites for hydroxylation is 2. The monoisotopic (exact) mass is 286 g/mol. The van der Waals surface area contributed by atoms with Crippen molar-refractivity contribution in [3.05, 3.63) is 29.1 Å². The summed E-state index contributed by atoms with van der Waals surface area (Å²) in [5, 5.41) is 0. The van der Waals surface area contributed by atoms with Crippen LogP contribution in [0.2, 0.25) is 0 Å². The molecule has 0 amide bonds. The molecule has 0 aliphatic carbocycles. The SMILES string of the molecule is Cc1cc(S(=O)(=O)N2CCCC(N)C2)cc(C)c1F. The Labute approximate surface area is 113 Å². The molecule has 2 N–H and O–H groups in total. The van der Waals surface area contributed by atoms with Gasteiger partial charge in [-0.3, -0.25) is 0 Å². The number of sulfonamides is 1. The third-order valence-electron chi connectivity index (χ3n) is 3.47. The minimum atomic E-state index is -3.57. The smallest absolute Gasteiger partial charge is 0.243 e. The fraction of sp³-hybridized carbons (Fsp3) is 0.538. The third-order valence-corrected chi connectivity index (χ3v) is 5.31. The number of hydrogen-bond acceptors (Lipinski definition) is 3. The van der Waals surface area contributed by atoms with E-state index in [0.29, 0.717) is 24.2 Å². The van der Waals surface area contributed by atoms with Crippen molar-refractivity contribution in [3.63, 3.8) is 0 Å². The van der Waals surface area contributed by atoms with E-state index in [4.69, 9.17) is 5.73 Å². The molecule has 1 unspecified atom stereocenters. The Morgan fingerprint density at radius 2 is 1.89 bits per heavy atom. The largest absolute Gasteiger partial charge is 0.327 e. The highest BCUT2D eigenvalue weighted by Crippen LogP contribution is 2.24. The van der Waals surface area contributed by atoms with Gasteiger partial charge in [0.05, 0.1) is 4.90 Å². The van der Waals surface area contributed by atoms with E-state index in [2.05, 4.69) is 0 Å². The van der Waals surface area contributed by atoms with E-state index < -0.39 is 10.0 Å². The first-order chi connectivity index (χ1) is 8.82. The predicted octanol–water partition coefficient (Wildman–Crippen LogP) is 1.55. The van der Waals surface area contributed by atoms with Crippen molar-refractivity contribution in [2.24, 2.45) is 5.73 Å². The summed E-state index contributed by atoms with van der Waals surface area (Å²) in [5.74, 6) is -0.353. The zero-order valence-electron chi connectivity index (χ0n) is 11.2. The molecule has 106 valence electrons. The molecular weight excluding hydrogens is 267 g/mol. The number of nitrogens with zero attached hydrogens (tertiary/aromatic N) is 1. The quantitative estimate of drug-likeness (QED) is 0.897. The molecule has 0 radical (unpaired) electrons. The minimum Gasteiger partial charge on any atom is -0.327 e. The van der Waals surface area contributed by atoms with E-state index in [1.165, 1.54) is 16.4 Å². The van der Waals surface area contributed by atoms with Gasteiger partial charge in [0.15, 0.2) is 0 Å². The second-order valence-corrected chi connectivity index (χ2v) is 7.07. The molecule has 0 spiro atoms. The molecule has 1 atom stereocenters. The second-order valence-electron chi connectivity index (χ2n) is 5.14. The molecule has 0 bridgehead atoms. The Kier molecular flexibility index (Phi) is 3.94. The number of halogens is 1. The average Bonchev–Trinajstić information content (AvgIpc) is 2.35. The first-order valence-corrected chi connectivity index (χ1v) is 7.79. The molecule has 1 aromatic carbocycles. The van der Waals surface area contributed by atoms with E-state index in [-0.39, 0.29) is 16.8 Å². The van der Waals surface area contributed by atoms with Gasteiger partial charge in [0, 0.05) is 19.1 Å². The fourth-order valence-electron chi connectivity index (χ4n) is 2.40. The van der Waals surface area contributed by atoms with Crippen LogP contribution in [-0.4, -0.2) is 31.9 Å². The van der Waals surface area contributed by atoms with Crippen LogP contribution in [0.5, 0.6) is 0 Å². The topological polar surface area (TPSA) is 63.4 Å². The summed E-state index contributed by atoms with van der Waals surface area (Å²) in [5.41, 5.74) is 6.51. The molecule has 1 fully saturated rings. The molecule has 1 aromatic rings. The van der Waals surface area contributed by atoms with Gasteiger partial charge in [-0.15, -0.1) is 0 Å². The lowest BCUT2D eigenvalue weighted by Gasteiger charge is -2.30. The summed E-state index contributed by atoms with van der Waals surface area (Å²) >= 11 is 0. The van der Waals surface area contributed by atoms with Crippen LogP contribution in [-0.2, 0) is 10.0 Å². The lowest BCUT2D eigenvalue weighted by Crippen LogP contribution is -2.45. The van der Waals surface area contributed by atoms with Crippen molar-refractivity contribution in [1.82, 2.24) is 4.31 Å². The molecule has 0 saturated carbocycles. The molecule has 2 rings (SSSR count). The number of piperidine rings is 1. The molecule has 6 heteroatoms. The Balaban J connectivity index is 2.39. The third kappa shape index (κ3) is 2.80. The Morgan fingerprint density at radius 1 is 1.32 bits per heavy atom. The summed E-state index contributed by atoms with van der Waals surface area (Å²) in [6.45, 7) is 3.95. The lowest BCUT2D eigenvalue weighted by molar-refractivity contribution is 0.316. The van der Waals surface area contributed by atoms with E-state index >= 15 is 0 Å². The summed E-state index contributed by atoms with van der Waals surface area (Å²) in [6.07, 6.45) is 1.60. The van der Waals surface area contributed by atoms with Gasteiger partial charge < -0.3 is 5.73 Å². The van der Waals surface area contributed by atoms with Crippen molar-refractivity contribution in [3.8, 4) is 0 Å². The van der Waals surface area contributed by atoms with Crippen LogP contribution >= 0.6 is 0 Å². The van der Waals surface area contributed by atoms with Gasteiger partial charge in [-0.2, -0.15) is 4.31 Å². The fourth-order valence-corrected chi connectivity index (χ4v) is 4.10. The predicted molar refractivity (Wildman–Crippen MR) is 71.8 cm³/mol. The van der Waals surface area contributed by atoms with E-state index in [9.17, 15) is 12.8 Å². The van der Waals surface area contributed by atoms with Gasteiger partial charge in [-0.25, -0.2) is 12.8 Å². The summed E-state index contributed by atoms with van der Waals surface area (Å²) in [6, 6.07) is 2.65. The van der Waals surface area contributed by atoms with Crippen LogP contribution in [0.25, 0.3) is 0 Å². The molecule has 1 aliphatic rings. The minimum absolute atomic E-state index is 0.119. The first-order valence-electron chi connectivity index (χ1n) is 6.35. The van der Waals surface area contributed by atoms with Gasteiger partial charge in [0.25, 0.3) is 0 Å². The second kappa shape index (κ2) is 5.19. The first kappa shape index (κ1) is 14.4. The number of rotatable bonds is 2. The summed E-state index contributed by atoms with van der Waals surface area (Å²) in [4.78, 5) is 0.151. The van der Waals surface area contributed by atoms with Crippen LogP contribution in [0.15, 0.2) is 17.0 Å². The van der Waals surface area contributed by atoms with Crippen molar-refractivity contribution < 1.29 is 12.8 Å². The summed E-state index contributed by atoms with van der Waals surface area (Å²) in [7, 11) is -3.57. The molecular formula is C13H19FN2O2S. The Morgan fingerprint density at radius 3 is 2.42 bits per heavy atom. The highest BCUT2D eigenvalue weighted by molar-refractivity contribution is 7.89. The van der Waals surface area contributed by atoms with Crippen LogP contribution in [0.4, 0.5) is 4.39 Å². The Hall–Kier alpha value is -0.980. The molecule has 19 heavy (non-hydrogen) atoms. The molecule has 1 heterocycles. The molecule has 0 aromatic heterocycles. The summed E-state index contributed by atoms with van der Waals surface area (Å²) < 4.78 is 40.0. The maximum absolute atomic E-state index is 13.6. The normalized spacial score (nSPS) is 21.6. The average molecular weight is 286 g/mol. The van der Waals surface area contributed by atoms with Gasteiger partial charge in [-0.05, 0) is 49.9 Å². The van der Waals surface area contributed by atoms with Gasteiger partial charge in [-0.1, -0.05) is 0 Å². The van der Waals surface area contributed by atoms with Crippen molar-refractivity contribution in [2.45, 2.75) is 37.6 Å². The van der Waals surface area contributed by atoms with Gasteiger partial charge in [0.1, 0.15) is 5.82 Å². The van der Waals surface area contributed by atoms with Crippen molar-refractivity contribution in [1.29, 1.82) is 0 Å². The van der Waals surface area contributed by atoms with Crippen LogP contribution < -0.4 is 5.73 Å². The maximum atomic E-state index is 13.6. The van der Waals surface area contributed by atoms with Crippen molar-refractivity contribution in [2.75, 3.05) is 13.1 Å². The van der Waals surface area contributed by atoms with Crippen LogP contribution in [0.3, 0.4) is 0 Å². The lowest BCUT2D eigenvalue weighted by atomic mass is 10.1. The number of benzene rings is 1. The van der Waals surface area contributed by atoms with E-state index in [0.717, 1.165) is 12.8 Å². The molecule has 4 nitrogen and oxygen atoms in total. The standard InChI is InChI=1S/C13H19FN2O2S/c1-9-6-12(7-10(2)13(9)14)19(17,18)16-5-3-4-11(15)8-16/h6-7,11H,3-5,8,15H2,1-2H3. The maximum Gasteiger partial charge on any atom is 0.243 e. The highest BCUT2D eigenvalue weighted by atomic mass is 32.2. The van der Waals surface area contributed by atoms with Gasteiger partial charge in [0.2, 0.25) is 10.0 Å².